The van der Waals surface area contributed by atoms with E-state index < -0.39 is 0 Å². The number of amides is 2. The van der Waals surface area contributed by atoms with Gasteiger partial charge >= 0.3 is 0 Å². The lowest BCUT2D eigenvalue weighted by Crippen LogP contribution is -2.30. The average molecular weight is 377 g/mol. The summed E-state index contributed by atoms with van der Waals surface area (Å²) in [7, 11) is 1.58. The summed E-state index contributed by atoms with van der Waals surface area (Å²) >= 11 is 5.79. The number of anilines is 1. The van der Waals surface area contributed by atoms with Crippen LogP contribution < -0.4 is 20.1 Å². The van der Waals surface area contributed by atoms with E-state index in [1.165, 1.54) is 0 Å². The number of carbonyl (C=O) groups excluding carboxylic acids is 2. The third-order valence-corrected chi connectivity index (χ3v) is 3.71. The van der Waals surface area contributed by atoms with Gasteiger partial charge in [0.05, 0.1) is 7.11 Å². The molecular formula is C19H21ClN2O4. The highest BCUT2D eigenvalue weighted by molar-refractivity contribution is 6.30. The van der Waals surface area contributed by atoms with E-state index in [9.17, 15) is 9.59 Å². The van der Waals surface area contributed by atoms with Gasteiger partial charge in [-0.2, -0.15) is 0 Å². The third-order valence-electron chi connectivity index (χ3n) is 3.46. The van der Waals surface area contributed by atoms with Crippen LogP contribution in [-0.2, 0) is 9.59 Å². The second kappa shape index (κ2) is 10.3. The Morgan fingerprint density at radius 2 is 1.62 bits per heavy atom. The van der Waals surface area contributed by atoms with Gasteiger partial charge in [-0.05, 0) is 55.0 Å². The molecule has 2 N–H and O–H groups in total. The molecule has 2 aromatic rings. The van der Waals surface area contributed by atoms with Gasteiger partial charge in [-0.1, -0.05) is 11.6 Å². The Balaban J connectivity index is 1.58. The van der Waals surface area contributed by atoms with Gasteiger partial charge in [0.2, 0.25) is 5.91 Å². The third kappa shape index (κ3) is 7.03. The number of hydrogen-bond acceptors (Lipinski definition) is 4. The fraction of sp³-hybridized carbons (Fsp3) is 0.263. The largest absolute Gasteiger partial charge is 0.497 e. The second-order valence-electron chi connectivity index (χ2n) is 5.47. The molecule has 0 atom stereocenters. The first-order valence-corrected chi connectivity index (χ1v) is 8.53. The van der Waals surface area contributed by atoms with E-state index >= 15 is 0 Å². The minimum Gasteiger partial charge on any atom is -0.497 e. The van der Waals surface area contributed by atoms with Crippen LogP contribution >= 0.6 is 11.6 Å². The molecule has 138 valence electrons. The lowest BCUT2D eigenvalue weighted by Gasteiger charge is -2.08. The Kier molecular flexibility index (Phi) is 7.76. The molecule has 0 radical (unpaired) electrons. The molecule has 0 heterocycles. The van der Waals surface area contributed by atoms with Crippen molar-refractivity contribution in [2.45, 2.75) is 12.8 Å². The number of halogens is 1. The van der Waals surface area contributed by atoms with E-state index in [1.54, 1.807) is 55.6 Å². The minimum atomic E-state index is -0.237. The van der Waals surface area contributed by atoms with Crippen LogP contribution in [0.3, 0.4) is 0 Å². The molecule has 0 bridgehead atoms. The summed E-state index contributed by atoms with van der Waals surface area (Å²) in [6.45, 7) is 0.322. The van der Waals surface area contributed by atoms with Gasteiger partial charge in [-0.15, -0.1) is 0 Å². The Labute approximate surface area is 157 Å². The lowest BCUT2D eigenvalue weighted by atomic mass is 10.2. The smallest absolute Gasteiger partial charge is 0.257 e. The van der Waals surface area contributed by atoms with E-state index in [-0.39, 0.29) is 18.4 Å². The Hall–Kier alpha value is -2.73. The summed E-state index contributed by atoms with van der Waals surface area (Å²) in [5, 5.41) is 6.10. The van der Waals surface area contributed by atoms with Crippen molar-refractivity contribution in [3.8, 4) is 11.5 Å². The highest BCUT2D eigenvalue weighted by atomic mass is 35.5. The van der Waals surface area contributed by atoms with Gasteiger partial charge in [0.1, 0.15) is 11.5 Å². The van der Waals surface area contributed by atoms with Crippen molar-refractivity contribution < 1.29 is 19.1 Å². The summed E-state index contributed by atoms with van der Waals surface area (Å²) in [4.78, 5) is 23.5. The Morgan fingerprint density at radius 3 is 2.27 bits per heavy atom. The molecule has 2 aromatic carbocycles. The van der Waals surface area contributed by atoms with E-state index in [0.717, 1.165) is 5.75 Å². The molecule has 0 saturated heterocycles. The molecule has 0 unspecified atom stereocenters. The van der Waals surface area contributed by atoms with Gasteiger partial charge in [0.15, 0.2) is 6.61 Å². The minimum absolute atomic E-state index is 0.0801. The van der Waals surface area contributed by atoms with E-state index in [2.05, 4.69) is 10.6 Å². The van der Waals surface area contributed by atoms with E-state index in [4.69, 9.17) is 21.1 Å². The number of rotatable bonds is 9. The Bertz CT molecular complexity index is 717. The molecule has 7 heteroatoms. The van der Waals surface area contributed by atoms with Crippen LogP contribution in [0.15, 0.2) is 48.5 Å². The van der Waals surface area contributed by atoms with Crippen LogP contribution in [0.2, 0.25) is 5.02 Å². The maximum Gasteiger partial charge on any atom is 0.257 e. The van der Waals surface area contributed by atoms with Crippen molar-refractivity contribution in [2.75, 3.05) is 25.6 Å². The van der Waals surface area contributed by atoms with Crippen molar-refractivity contribution in [1.82, 2.24) is 5.32 Å². The fourth-order valence-corrected chi connectivity index (χ4v) is 2.23. The maximum absolute atomic E-state index is 11.8. The SMILES string of the molecule is COc1ccc(OCC(=O)NCCCC(=O)Nc2ccc(Cl)cc2)cc1. The zero-order valence-corrected chi connectivity index (χ0v) is 15.2. The van der Waals surface area contributed by atoms with E-state index in [1.807, 2.05) is 0 Å². The van der Waals surface area contributed by atoms with Crippen LogP contribution in [0.1, 0.15) is 12.8 Å². The zero-order chi connectivity index (χ0) is 18.8. The molecule has 0 aliphatic heterocycles. The molecule has 2 rings (SSSR count). The monoisotopic (exact) mass is 376 g/mol. The summed E-state index contributed by atoms with van der Waals surface area (Å²) in [6.07, 6.45) is 0.843. The van der Waals surface area contributed by atoms with E-state index in [0.29, 0.717) is 35.8 Å². The number of hydrogen-bond donors (Lipinski definition) is 2. The molecule has 2 amide bonds. The van der Waals surface area contributed by atoms with Crippen LogP contribution in [0.4, 0.5) is 5.69 Å². The molecule has 0 aliphatic carbocycles. The van der Waals surface area contributed by atoms with Crippen molar-refractivity contribution >= 4 is 29.1 Å². The molecule has 0 fully saturated rings. The summed E-state index contributed by atoms with van der Waals surface area (Å²) < 4.78 is 10.4. The van der Waals surface area contributed by atoms with Crippen molar-refractivity contribution in [1.29, 1.82) is 0 Å². The van der Waals surface area contributed by atoms with Gasteiger partial charge in [-0.25, -0.2) is 0 Å². The molecule has 0 aromatic heterocycles. The van der Waals surface area contributed by atoms with Crippen LogP contribution in [-0.4, -0.2) is 32.1 Å². The molecule has 26 heavy (non-hydrogen) atoms. The summed E-state index contributed by atoms with van der Waals surface area (Å²) in [5.74, 6) is 0.956. The van der Waals surface area contributed by atoms with Gasteiger partial charge < -0.3 is 20.1 Å². The molecule has 0 aliphatic rings. The highest BCUT2D eigenvalue weighted by Crippen LogP contribution is 2.16. The first kappa shape index (κ1) is 19.6. The maximum atomic E-state index is 11.8. The number of benzene rings is 2. The fourth-order valence-electron chi connectivity index (χ4n) is 2.11. The number of carbonyl (C=O) groups is 2. The van der Waals surface area contributed by atoms with Crippen LogP contribution in [0.5, 0.6) is 11.5 Å². The predicted octanol–water partition coefficient (Wildman–Crippen LogP) is 3.26. The van der Waals surface area contributed by atoms with Crippen LogP contribution in [0, 0.1) is 0 Å². The normalized spacial score (nSPS) is 10.1. The van der Waals surface area contributed by atoms with Crippen LogP contribution in [0.25, 0.3) is 0 Å². The van der Waals surface area contributed by atoms with Crippen molar-refractivity contribution in [2.24, 2.45) is 0 Å². The van der Waals surface area contributed by atoms with Crippen molar-refractivity contribution in [3.63, 3.8) is 0 Å². The molecular weight excluding hydrogens is 356 g/mol. The zero-order valence-electron chi connectivity index (χ0n) is 14.5. The number of ether oxygens (including phenoxy) is 2. The highest BCUT2D eigenvalue weighted by Gasteiger charge is 2.05. The number of methoxy groups -OCH3 is 1. The van der Waals surface area contributed by atoms with Gasteiger partial charge in [-0.3, -0.25) is 9.59 Å². The lowest BCUT2D eigenvalue weighted by molar-refractivity contribution is -0.123. The summed E-state index contributed by atoms with van der Waals surface area (Å²) in [5.41, 5.74) is 0.691. The predicted molar refractivity (Wildman–Crippen MR) is 101 cm³/mol. The summed E-state index contributed by atoms with van der Waals surface area (Å²) in [6, 6.07) is 13.9. The first-order chi connectivity index (χ1) is 12.6. The topological polar surface area (TPSA) is 76.7 Å². The average Bonchev–Trinajstić information content (AvgIpc) is 2.66. The van der Waals surface area contributed by atoms with Gasteiger partial charge in [0, 0.05) is 23.7 Å². The molecule has 0 spiro atoms. The molecule has 6 nitrogen and oxygen atoms in total. The van der Waals surface area contributed by atoms with Crippen molar-refractivity contribution in [3.05, 3.63) is 53.6 Å². The number of nitrogens with one attached hydrogen (secondary N) is 2. The second-order valence-corrected chi connectivity index (χ2v) is 5.91. The standard InChI is InChI=1S/C19H21ClN2O4/c1-25-16-8-10-17(11-9-16)26-13-19(24)21-12-2-3-18(23)22-15-6-4-14(20)5-7-15/h4-11H,2-3,12-13H2,1H3,(H,21,24)(H,22,23). The van der Waals surface area contributed by atoms with Gasteiger partial charge in [0.25, 0.3) is 5.91 Å². The first-order valence-electron chi connectivity index (χ1n) is 8.16. The Morgan fingerprint density at radius 1 is 0.962 bits per heavy atom. The molecule has 0 saturated carbocycles. The quantitative estimate of drug-likeness (QED) is 0.658.